The van der Waals surface area contributed by atoms with Crippen molar-refractivity contribution in [2.24, 2.45) is 5.73 Å². The number of nitrogens with two attached hydrogens (primary N) is 1. The van der Waals surface area contributed by atoms with E-state index in [0.29, 0.717) is 24.7 Å². The minimum Gasteiger partial charge on any atom is -0.481 e. The monoisotopic (exact) mass is 237 g/mol. The number of benzene rings is 1. The maximum absolute atomic E-state index is 13.2. The molecule has 0 aliphatic heterocycles. The summed E-state index contributed by atoms with van der Waals surface area (Å²) in [7, 11) is 0. The van der Waals surface area contributed by atoms with E-state index in [1.165, 1.54) is 12.1 Å². The van der Waals surface area contributed by atoms with Crippen molar-refractivity contribution < 1.29 is 13.5 Å². The van der Waals surface area contributed by atoms with E-state index in [1.54, 1.807) is 12.1 Å². The van der Waals surface area contributed by atoms with Gasteiger partial charge in [0.15, 0.2) is 18.2 Å². The molecule has 1 heterocycles. The number of halogens is 1. The van der Waals surface area contributed by atoms with Gasteiger partial charge in [-0.25, -0.2) is 4.39 Å². The van der Waals surface area contributed by atoms with E-state index in [4.69, 9.17) is 14.9 Å². The number of para-hydroxylation sites is 1. The standard InChI is InChI=1S/C11H12FN3O2/c12-8-3-1-2-4-9(8)16-7-11-15-14-10(17-11)5-6-13/h1-4H,5-7,13H2. The van der Waals surface area contributed by atoms with Gasteiger partial charge >= 0.3 is 0 Å². The molecular formula is C11H12FN3O2. The van der Waals surface area contributed by atoms with Gasteiger partial charge in [0.2, 0.25) is 5.89 Å². The molecule has 0 bridgehead atoms. The Morgan fingerprint density at radius 3 is 2.76 bits per heavy atom. The molecule has 0 radical (unpaired) electrons. The van der Waals surface area contributed by atoms with Gasteiger partial charge in [0.1, 0.15) is 0 Å². The highest BCUT2D eigenvalue weighted by Gasteiger charge is 2.07. The SMILES string of the molecule is NCCc1nnc(COc2ccccc2F)o1. The number of aromatic nitrogens is 2. The predicted molar refractivity (Wildman–Crippen MR) is 57.8 cm³/mol. The molecule has 0 fully saturated rings. The molecule has 0 spiro atoms. The Balaban J connectivity index is 1.95. The lowest BCUT2D eigenvalue weighted by atomic mass is 10.3. The molecule has 6 heteroatoms. The summed E-state index contributed by atoms with van der Waals surface area (Å²) in [5, 5.41) is 7.53. The van der Waals surface area contributed by atoms with Crippen LogP contribution in [0.4, 0.5) is 4.39 Å². The number of ether oxygens (including phenoxy) is 1. The third-order valence-corrected chi connectivity index (χ3v) is 2.05. The molecule has 0 unspecified atom stereocenters. The maximum Gasteiger partial charge on any atom is 0.253 e. The molecule has 2 N–H and O–H groups in total. The second-order valence-corrected chi connectivity index (χ2v) is 3.35. The average molecular weight is 237 g/mol. The quantitative estimate of drug-likeness (QED) is 0.848. The van der Waals surface area contributed by atoms with E-state index in [-0.39, 0.29) is 12.4 Å². The minimum atomic E-state index is -0.422. The van der Waals surface area contributed by atoms with Crippen LogP contribution in [0.3, 0.4) is 0 Å². The molecule has 0 amide bonds. The molecule has 0 saturated carbocycles. The van der Waals surface area contributed by atoms with Gasteiger partial charge in [-0.2, -0.15) is 0 Å². The van der Waals surface area contributed by atoms with Crippen molar-refractivity contribution in [3.63, 3.8) is 0 Å². The van der Waals surface area contributed by atoms with E-state index in [9.17, 15) is 4.39 Å². The summed E-state index contributed by atoms with van der Waals surface area (Å²) < 4.78 is 23.7. The van der Waals surface area contributed by atoms with E-state index in [1.807, 2.05) is 0 Å². The molecule has 0 aliphatic carbocycles. The zero-order valence-corrected chi connectivity index (χ0v) is 9.10. The Morgan fingerprint density at radius 1 is 1.24 bits per heavy atom. The summed E-state index contributed by atoms with van der Waals surface area (Å²) >= 11 is 0. The van der Waals surface area contributed by atoms with Crippen LogP contribution >= 0.6 is 0 Å². The van der Waals surface area contributed by atoms with E-state index >= 15 is 0 Å². The Kier molecular flexibility index (Phi) is 3.66. The van der Waals surface area contributed by atoms with Gasteiger partial charge in [-0.15, -0.1) is 10.2 Å². The summed E-state index contributed by atoms with van der Waals surface area (Å²) in [6, 6.07) is 6.13. The van der Waals surface area contributed by atoms with Crippen LogP contribution in [0.1, 0.15) is 11.8 Å². The van der Waals surface area contributed by atoms with Crippen molar-refractivity contribution in [3.8, 4) is 5.75 Å². The molecule has 5 nitrogen and oxygen atoms in total. The number of rotatable bonds is 5. The second-order valence-electron chi connectivity index (χ2n) is 3.35. The zero-order valence-electron chi connectivity index (χ0n) is 9.10. The largest absolute Gasteiger partial charge is 0.481 e. The van der Waals surface area contributed by atoms with Crippen molar-refractivity contribution >= 4 is 0 Å². The molecule has 90 valence electrons. The zero-order chi connectivity index (χ0) is 12.1. The summed E-state index contributed by atoms with van der Waals surface area (Å²) in [6.07, 6.45) is 0.521. The topological polar surface area (TPSA) is 74.2 Å². The van der Waals surface area contributed by atoms with Gasteiger partial charge in [0, 0.05) is 13.0 Å². The maximum atomic E-state index is 13.2. The van der Waals surface area contributed by atoms with Crippen LogP contribution in [0.2, 0.25) is 0 Å². The molecule has 0 saturated heterocycles. The summed E-state index contributed by atoms with van der Waals surface area (Å²) in [4.78, 5) is 0. The van der Waals surface area contributed by atoms with Gasteiger partial charge in [-0.3, -0.25) is 0 Å². The Labute approximate surface area is 97.4 Å². The van der Waals surface area contributed by atoms with E-state index in [2.05, 4.69) is 10.2 Å². The van der Waals surface area contributed by atoms with Crippen LogP contribution in [0.5, 0.6) is 5.75 Å². The first-order valence-corrected chi connectivity index (χ1v) is 5.18. The molecular weight excluding hydrogens is 225 g/mol. The molecule has 17 heavy (non-hydrogen) atoms. The van der Waals surface area contributed by atoms with Crippen LogP contribution in [-0.2, 0) is 13.0 Å². The Hall–Kier alpha value is -1.95. The summed E-state index contributed by atoms with van der Waals surface area (Å²) in [5.74, 6) is 0.497. The van der Waals surface area contributed by atoms with Crippen molar-refractivity contribution in [2.45, 2.75) is 13.0 Å². The van der Waals surface area contributed by atoms with Crippen LogP contribution in [0.25, 0.3) is 0 Å². The fourth-order valence-corrected chi connectivity index (χ4v) is 1.27. The van der Waals surface area contributed by atoms with E-state index < -0.39 is 5.82 Å². The molecule has 0 atom stereocenters. The number of hydrogen-bond donors (Lipinski definition) is 1. The van der Waals surface area contributed by atoms with Crippen molar-refractivity contribution in [1.82, 2.24) is 10.2 Å². The Bertz CT molecular complexity index is 487. The fourth-order valence-electron chi connectivity index (χ4n) is 1.27. The number of nitrogens with zero attached hydrogens (tertiary/aromatic N) is 2. The van der Waals surface area contributed by atoms with Gasteiger partial charge in [-0.1, -0.05) is 12.1 Å². The average Bonchev–Trinajstić information content (AvgIpc) is 2.76. The van der Waals surface area contributed by atoms with Crippen LogP contribution in [0.15, 0.2) is 28.7 Å². The van der Waals surface area contributed by atoms with Crippen LogP contribution < -0.4 is 10.5 Å². The first-order chi connectivity index (χ1) is 8.29. The van der Waals surface area contributed by atoms with Gasteiger partial charge in [-0.05, 0) is 12.1 Å². The fraction of sp³-hybridized carbons (Fsp3) is 0.273. The third kappa shape index (κ3) is 3.01. The normalized spacial score (nSPS) is 10.5. The highest BCUT2D eigenvalue weighted by molar-refractivity contribution is 5.23. The third-order valence-electron chi connectivity index (χ3n) is 2.05. The van der Waals surface area contributed by atoms with Crippen molar-refractivity contribution in [2.75, 3.05) is 6.54 Å². The van der Waals surface area contributed by atoms with E-state index in [0.717, 1.165) is 0 Å². The van der Waals surface area contributed by atoms with Gasteiger partial charge in [0.25, 0.3) is 5.89 Å². The van der Waals surface area contributed by atoms with Crippen molar-refractivity contribution in [3.05, 3.63) is 41.9 Å². The second kappa shape index (κ2) is 5.40. The number of hydrogen-bond acceptors (Lipinski definition) is 5. The van der Waals surface area contributed by atoms with Crippen LogP contribution in [0, 0.1) is 5.82 Å². The van der Waals surface area contributed by atoms with Gasteiger partial charge in [0.05, 0.1) is 0 Å². The molecule has 1 aromatic heterocycles. The van der Waals surface area contributed by atoms with Crippen LogP contribution in [-0.4, -0.2) is 16.7 Å². The highest BCUT2D eigenvalue weighted by atomic mass is 19.1. The molecule has 1 aromatic carbocycles. The first-order valence-electron chi connectivity index (χ1n) is 5.18. The Morgan fingerprint density at radius 2 is 2.00 bits per heavy atom. The lowest BCUT2D eigenvalue weighted by molar-refractivity contribution is 0.248. The summed E-state index contributed by atoms with van der Waals surface area (Å²) in [5.41, 5.74) is 5.35. The van der Waals surface area contributed by atoms with Crippen molar-refractivity contribution in [1.29, 1.82) is 0 Å². The predicted octanol–water partition coefficient (Wildman–Crippen LogP) is 1.29. The lowest BCUT2D eigenvalue weighted by Crippen LogP contribution is -2.02. The molecule has 2 aromatic rings. The highest BCUT2D eigenvalue weighted by Crippen LogP contribution is 2.16. The lowest BCUT2D eigenvalue weighted by Gasteiger charge is -2.03. The van der Waals surface area contributed by atoms with Gasteiger partial charge < -0.3 is 14.9 Å². The molecule has 2 rings (SSSR count). The summed E-state index contributed by atoms with van der Waals surface area (Å²) in [6.45, 7) is 0.480. The molecule has 0 aliphatic rings. The first kappa shape index (κ1) is 11.5. The minimum absolute atomic E-state index is 0.0402. The smallest absolute Gasteiger partial charge is 0.253 e.